The van der Waals surface area contributed by atoms with Crippen molar-refractivity contribution in [3.05, 3.63) is 84.7 Å². The number of nitrogens with one attached hydrogen (secondary N) is 2. The number of hydrogen-bond acceptors (Lipinski definition) is 4. The molecule has 0 fully saturated rings. The summed E-state index contributed by atoms with van der Waals surface area (Å²) < 4.78 is 14.0. The zero-order chi connectivity index (χ0) is 21.7. The number of fused-ring (bicyclic) bond motifs is 2. The van der Waals surface area contributed by atoms with Crippen LogP contribution in [0.2, 0.25) is 0 Å². The normalized spacial score (nSPS) is 11.4. The fourth-order valence-electron chi connectivity index (χ4n) is 4.12. The molecule has 0 saturated carbocycles. The van der Waals surface area contributed by atoms with Gasteiger partial charge in [0, 0.05) is 34.9 Å². The monoisotopic (exact) mass is 420 g/mol. The molecule has 4 aromatic heterocycles. The quantitative estimate of drug-likeness (QED) is 0.386. The molecular formula is C25H17FN6. The van der Waals surface area contributed by atoms with Crippen molar-refractivity contribution in [3.8, 4) is 33.8 Å². The molecule has 0 atom stereocenters. The molecule has 2 aromatic carbocycles. The summed E-state index contributed by atoms with van der Waals surface area (Å²) in [7, 11) is 0. The van der Waals surface area contributed by atoms with Crippen LogP contribution < -0.4 is 0 Å². The highest BCUT2D eigenvalue weighted by Crippen LogP contribution is 2.34. The predicted octanol–water partition coefficient (Wildman–Crippen LogP) is 5.68. The van der Waals surface area contributed by atoms with E-state index in [1.165, 1.54) is 6.07 Å². The van der Waals surface area contributed by atoms with Crippen molar-refractivity contribution in [2.24, 2.45) is 0 Å². The van der Waals surface area contributed by atoms with Gasteiger partial charge >= 0.3 is 0 Å². The molecule has 0 spiro atoms. The van der Waals surface area contributed by atoms with Crippen molar-refractivity contribution in [1.29, 1.82) is 0 Å². The molecule has 2 N–H and O–H groups in total. The number of aromatic nitrogens is 6. The van der Waals surface area contributed by atoms with Crippen molar-refractivity contribution in [1.82, 2.24) is 30.1 Å². The van der Waals surface area contributed by atoms with E-state index in [1.807, 2.05) is 43.3 Å². The number of benzene rings is 2. The standard InChI is InChI=1S/C25H17FN6/c1-14-8-16(10-17(26)9-14)18-4-5-29-25-19(18)12-22(30-25)24-20-11-15(2-3-21(20)31-32-24)23-13-27-6-7-28-23/h2-13H,1H3,(H,29,30)(H,31,32). The molecule has 0 amide bonds. The molecule has 6 rings (SSSR count). The Bertz CT molecular complexity index is 1580. The Morgan fingerprint density at radius 2 is 1.78 bits per heavy atom. The molecule has 6 aromatic rings. The van der Waals surface area contributed by atoms with E-state index in [1.54, 1.807) is 30.9 Å². The fraction of sp³-hybridized carbons (Fsp3) is 0.0400. The van der Waals surface area contributed by atoms with Gasteiger partial charge in [-0.2, -0.15) is 5.10 Å². The molecular weight excluding hydrogens is 403 g/mol. The number of nitrogens with zero attached hydrogens (tertiary/aromatic N) is 4. The zero-order valence-electron chi connectivity index (χ0n) is 17.1. The maximum atomic E-state index is 14.0. The van der Waals surface area contributed by atoms with Crippen LogP contribution >= 0.6 is 0 Å². The number of H-pyrrole nitrogens is 2. The van der Waals surface area contributed by atoms with Gasteiger partial charge in [-0.05, 0) is 60.0 Å². The number of hydrogen-bond donors (Lipinski definition) is 2. The molecule has 6 nitrogen and oxygen atoms in total. The molecule has 0 bridgehead atoms. The van der Waals surface area contributed by atoms with Gasteiger partial charge in [0.05, 0.1) is 23.1 Å². The summed E-state index contributed by atoms with van der Waals surface area (Å²) >= 11 is 0. The summed E-state index contributed by atoms with van der Waals surface area (Å²) in [5.74, 6) is -0.254. The van der Waals surface area contributed by atoms with E-state index in [2.05, 4.69) is 30.1 Å². The van der Waals surface area contributed by atoms with Crippen LogP contribution in [0.4, 0.5) is 4.39 Å². The van der Waals surface area contributed by atoms with Crippen LogP contribution in [0.5, 0.6) is 0 Å². The Labute approximate surface area is 182 Å². The third-order valence-electron chi connectivity index (χ3n) is 5.56. The van der Waals surface area contributed by atoms with E-state index in [4.69, 9.17) is 0 Å². The van der Waals surface area contributed by atoms with Crippen LogP contribution in [0, 0.1) is 12.7 Å². The third kappa shape index (κ3) is 3.02. The molecule has 0 aliphatic rings. The maximum Gasteiger partial charge on any atom is 0.138 e. The fourth-order valence-corrected chi connectivity index (χ4v) is 4.12. The molecule has 0 saturated heterocycles. The van der Waals surface area contributed by atoms with Gasteiger partial charge in [-0.25, -0.2) is 9.37 Å². The van der Waals surface area contributed by atoms with Gasteiger partial charge in [0.1, 0.15) is 17.2 Å². The smallest absolute Gasteiger partial charge is 0.138 e. The lowest BCUT2D eigenvalue weighted by Gasteiger charge is -2.05. The first-order valence-electron chi connectivity index (χ1n) is 10.2. The maximum absolute atomic E-state index is 14.0. The summed E-state index contributed by atoms with van der Waals surface area (Å²) in [5, 5.41) is 9.51. The molecule has 32 heavy (non-hydrogen) atoms. The van der Waals surface area contributed by atoms with Crippen molar-refractivity contribution < 1.29 is 4.39 Å². The lowest BCUT2D eigenvalue weighted by atomic mass is 10.0. The van der Waals surface area contributed by atoms with Gasteiger partial charge in [0.2, 0.25) is 0 Å². The number of pyridine rings is 1. The van der Waals surface area contributed by atoms with Gasteiger partial charge in [-0.15, -0.1) is 0 Å². The largest absolute Gasteiger partial charge is 0.338 e. The number of aromatic amines is 2. The second-order valence-electron chi connectivity index (χ2n) is 7.74. The van der Waals surface area contributed by atoms with Crippen molar-refractivity contribution in [2.45, 2.75) is 6.92 Å². The minimum Gasteiger partial charge on any atom is -0.338 e. The van der Waals surface area contributed by atoms with Crippen LogP contribution in [-0.4, -0.2) is 30.1 Å². The average Bonchev–Trinajstić information content (AvgIpc) is 3.42. The molecule has 7 heteroatoms. The topological polar surface area (TPSA) is 83.1 Å². The Balaban J connectivity index is 1.52. The van der Waals surface area contributed by atoms with Crippen molar-refractivity contribution >= 4 is 21.9 Å². The second-order valence-corrected chi connectivity index (χ2v) is 7.74. The van der Waals surface area contributed by atoms with E-state index in [-0.39, 0.29) is 5.82 Å². The van der Waals surface area contributed by atoms with Crippen LogP contribution in [0.15, 0.2) is 73.3 Å². The van der Waals surface area contributed by atoms with Gasteiger partial charge in [-0.1, -0.05) is 12.1 Å². The summed E-state index contributed by atoms with van der Waals surface area (Å²) in [6.45, 7) is 1.89. The molecule has 0 aliphatic heterocycles. The Hall–Kier alpha value is -4.39. The number of rotatable bonds is 3. The SMILES string of the molecule is Cc1cc(F)cc(-c2ccnc3[nH]c(-c4n[nH]c5ccc(-c6cnccn6)cc45)cc23)c1. The zero-order valence-corrected chi connectivity index (χ0v) is 17.1. The minimum absolute atomic E-state index is 0.254. The van der Waals surface area contributed by atoms with Gasteiger partial charge in [0.25, 0.3) is 0 Å². The second kappa shape index (κ2) is 7.09. The molecule has 4 heterocycles. The molecule has 0 aliphatic carbocycles. The van der Waals surface area contributed by atoms with E-state index in [0.717, 1.165) is 61.3 Å². The average molecular weight is 420 g/mol. The summed E-state index contributed by atoms with van der Waals surface area (Å²) in [6, 6.07) is 15.0. The highest BCUT2D eigenvalue weighted by atomic mass is 19.1. The van der Waals surface area contributed by atoms with E-state index < -0.39 is 0 Å². The van der Waals surface area contributed by atoms with Crippen LogP contribution in [-0.2, 0) is 0 Å². The van der Waals surface area contributed by atoms with Crippen LogP contribution in [0.25, 0.3) is 55.7 Å². The first-order chi connectivity index (χ1) is 15.7. The summed E-state index contributed by atoms with van der Waals surface area (Å²) in [4.78, 5) is 16.4. The number of aryl methyl sites for hydroxylation is 1. The van der Waals surface area contributed by atoms with Gasteiger partial charge in [-0.3, -0.25) is 15.1 Å². The Morgan fingerprint density at radius 3 is 2.62 bits per heavy atom. The van der Waals surface area contributed by atoms with E-state index in [9.17, 15) is 4.39 Å². The third-order valence-corrected chi connectivity index (χ3v) is 5.56. The van der Waals surface area contributed by atoms with Crippen LogP contribution in [0.1, 0.15) is 5.56 Å². The highest BCUT2D eigenvalue weighted by molar-refractivity contribution is 6.00. The van der Waals surface area contributed by atoms with E-state index >= 15 is 0 Å². The first-order valence-corrected chi connectivity index (χ1v) is 10.2. The van der Waals surface area contributed by atoms with E-state index in [0.29, 0.717) is 0 Å². The predicted molar refractivity (Wildman–Crippen MR) is 122 cm³/mol. The Morgan fingerprint density at radius 1 is 0.844 bits per heavy atom. The minimum atomic E-state index is -0.254. The van der Waals surface area contributed by atoms with Gasteiger partial charge in [0.15, 0.2) is 0 Å². The lowest BCUT2D eigenvalue weighted by molar-refractivity contribution is 0.627. The van der Waals surface area contributed by atoms with Crippen LogP contribution in [0.3, 0.4) is 0 Å². The summed E-state index contributed by atoms with van der Waals surface area (Å²) in [6.07, 6.45) is 6.80. The Kier molecular flexibility index (Phi) is 4.07. The number of halogens is 1. The molecule has 154 valence electrons. The van der Waals surface area contributed by atoms with Gasteiger partial charge < -0.3 is 4.98 Å². The van der Waals surface area contributed by atoms with Crippen molar-refractivity contribution in [3.63, 3.8) is 0 Å². The molecule has 0 radical (unpaired) electrons. The van der Waals surface area contributed by atoms with Crippen molar-refractivity contribution in [2.75, 3.05) is 0 Å². The highest BCUT2D eigenvalue weighted by Gasteiger charge is 2.15. The summed E-state index contributed by atoms with van der Waals surface area (Å²) in [5.41, 5.74) is 7.61. The molecule has 0 unspecified atom stereocenters. The first kappa shape index (κ1) is 18.4. The lowest BCUT2D eigenvalue weighted by Crippen LogP contribution is -1.85.